The van der Waals surface area contributed by atoms with Crippen LogP contribution in [0.5, 0.6) is 0 Å². The Morgan fingerprint density at radius 2 is 1.68 bits per heavy atom. The summed E-state index contributed by atoms with van der Waals surface area (Å²) in [6, 6.07) is 21.2. The van der Waals surface area contributed by atoms with Crippen LogP contribution in [0.15, 0.2) is 72.8 Å². The number of hydrogen-bond acceptors (Lipinski definition) is 2. The largest absolute Gasteiger partial charge is 0.322 e. The van der Waals surface area contributed by atoms with E-state index in [0.717, 1.165) is 24.1 Å². The lowest BCUT2D eigenvalue weighted by molar-refractivity contribution is 0.102. The summed E-state index contributed by atoms with van der Waals surface area (Å²) in [4.78, 5) is 12.3. The molecule has 1 amide bonds. The lowest BCUT2D eigenvalue weighted by Crippen LogP contribution is -2.17. The number of amides is 1. The van der Waals surface area contributed by atoms with Crippen LogP contribution in [0, 0.1) is 5.82 Å². The average molecular weight is 419 g/mol. The first-order chi connectivity index (χ1) is 13.1. The average Bonchev–Trinajstić information content (AvgIpc) is 2.66. The molecule has 0 saturated heterocycles. The number of rotatable bonds is 7. The number of halogens is 3. The molecular formula is C22H21Cl2FN2O. The standard InChI is InChI=1S/C22H20ClFN2O.ClH/c23-21-10-2-1-9-20(21)22(27)26-19-8-4-6-17(14-19)15-25-12-11-16-5-3-7-18(24)13-16;/h1-10,13-14,25H,11-12,15H2,(H,26,27);1H. The molecule has 0 spiro atoms. The molecule has 0 atom stereocenters. The van der Waals surface area contributed by atoms with Gasteiger partial charge in [0.15, 0.2) is 0 Å². The topological polar surface area (TPSA) is 41.1 Å². The number of carbonyl (C=O) groups is 1. The minimum Gasteiger partial charge on any atom is -0.322 e. The predicted molar refractivity (Wildman–Crippen MR) is 115 cm³/mol. The maximum Gasteiger partial charge on any atom is 0.257 e. The summed E-state index contributed by atoms with van der Waals surface area (Å²) in [6.07, 6.45) is 0.751. The van der Waals surface area contributed by atoms with Crippen molar-refractivity contribution in [3.63, 3.8) is 0 Å². The van der Waals surface area contributed by atoms with Crippen molar-refractivity contribution in [2.75, 3.05) is 11.9 Å². The predicted octanol–water partition coefficient (Wildman–Crippen LogP) is 5.49. The van der Waals surface area contributed by atoms with Gasteiger partial charge < -0.3 is 10.6 Å². The zero-order valence-corrected chi connectivity index (χ0v) is 16.7. The van der Waals surface area contributed by atoms with Crippen LogP contribution in [0.1, 0.15) is 21.5 Å². The highest BCUT2D eigenvalue weighted by Gasteiger charge is 2.09. The molecule has 0 aromatic heterocycles. The molecule has 0 radical (unpaired) electrons. The number of nitrogens with one attached hydrogen (secondary N) is 2. The van der Waals surface area contributed by atoms with Crippen molar-refractivity contribution >= 4 is 35.6 Å². The van der Waals surface area contributed by atoms with Crippen molar-refractivity contribution in [2.45, 2.75) is 13.0 Å². The lowest BCUT2D eigenvalue weighted by Gasteiger charge is -2.09. The van der Waals surface area contributed by atoms with E-state index in [1.54, 1.807) is 36.4 Å². The molecular weight excluding hydrogens is 398 g/mol. The van der Waals surface area contributed by atoms with E-state index >= 15 is 0 Å². The molecule has 0 bridgehead atoms. The van der Waals surface area contributed by atoms with Gasteiger partial charge >= 0.3 is 0 Å². The van der Waals surface area contributed by atoms with E-state index in [0.29, 0.717) is 22.8 Å². The fraction of sp³-hybridized carbons (Fsp3) is 0.136. The van der Waals surface area contributed by atoms with Crippen molar-refractivity contribution < 1.29 is 9.18 Å². The second-order valence-electron chi connectivity index (χ2n) is 6.19. The smallest absolute Gasteiger partial charge is 0.257 e. The third kappa shape index (κ3) is 6.34. The molecule has 3 aromatic carbocycles. The van der Waals surface area contributed by atoms with Crippen LogP contribution in [0.4, 0.5) is 10.1 Å². The highest BCUT2D eigenvalue weighted by atomic mass is 35.5. The molecule has 2 N–H and O–H groups in total. The first-order valence-electron chi connectivity index (χ1n) is 8.72. The van der Waals surface area contributed by atoms with Gasteiger partial charge in [0.2, 0.25) is 0 Å². The Balaban J connectivity index is 0.00000280. The van der Waals surface area contributed by atoms with E-state index in [1.807, 2.05) is 30.3 Å². The van der Waals surface area contributed by atoms with Gasteiger partial charge in [0, 0.05) is 12.2 Å². The van der Waals surface area contributed by atoms with E-state index in [9.17, 15) is 9.18 Å². The maximum absolute atomic E-state index is 13.2. The van der Waals surface area contributed by atoms with Crippen molar-refractivity contribution in [3.05, 3.63) is 100 Å². The molecule has 0 heterocycles. The highest BCUT2D eigenvalue weighted by Crippen LogP contribution is 2.18. The Morgan fingerprint density at radius 3 is 2.46 bits per heavy atom. The van der Waals surface area contributed by atoms with Crippen LogP contribution in [0.3, 0.4) is 0 Å². The number of anilines is 1. The second-order valence-corrected chi connectivity index (χ2v) is 6.60. The fourth-order valence-corrected chi connectivity index (χ4v) is 2.98. The van der Waals surface area contributed by atoms with E-state index < -0.39 is 0 Å². The third-order valence-electron chi connectivity index (χ3n) is 4.11. The minimum absolute atomic E-state index is 0. The normalized spacial score (nSPS) is 10.2. The molecule has 3 nitrogen and oxygen atoms in total. The summed E-state index contributed by atoms with van der Waals surface area (Å²) >= 11 is 6.07. The molecule has 0 saturated carbocycles. The number of hydrogen-bond donors (Lipinski definition) is 2. The van der Waals surface area contributed by atoms with E-state index in [2.05, 4.69) is 10.6 Å². The quantitative estimate of drug-likeness (QED) is 0.498. The summed E-state index contributed by atoms with van der Waals surface area (Å²) in [5.41, 5.74) is 3.16. The Morgan fingerprint density at radius 1 is 0.929 bits per heavy atom. The molecule has 0 aliphatic carbocycles. The van der Waals surface area contributed by atoms with Gasteiger partial charge in [-0.05, 0) is 60.5 Å². The zero-order valence-electron chi connectivity index (χ0n) is 15.1. The van der Waals surface area contributed by atoms with Gasteiger partial charge in [-0.15, -0.1) is 12.4 Å². The molecule has 3 aromatic rings. The van der Waals surface area contributed by atoms with Crippen LogP contribution < -0.4 is 10.6 Å². The first kappa shape index (κ1) is 21.9. The fourth-order valence-electron chi connectivity index (χ4n) is 2.76. The molecule has 28 heavy (non-hydrogen) atoms. The Hall–Kier alpha value is -2.40. The van der Waals surface area contributed by atoms with Crippen molar-refractivity contribution in [1.29, 1.82) is 0 Å². The number of carbonyl (C=O) groups excluding carboxylic acids is 1. The molecule has 3 rings (SSSR count). The van der Waals surface area contributed by atoms with E-state index in [4.69, 9.17) is 11.6 Å². The molecule has 0 aliphatic heterocycles. The van der Waals surface area contributed by atoms with Gasteiger partial charge in [0.25, 0.3) is 5.91 Å². The highest BCUT2D eigenvalue weighted by molar-refractivity contribution is 6.34. The summed E-state index contributed by atoms with van der Waals surface area (Å²) in [6.45, 7) is 1.39. The first-order valence-corrected chi connectivity index (χ1v) is 9.09. The molecule has 0 fully saturated rings. The Bertz CT molecular complexity index is 934. The Kier molecular flexibility index (Phi) is 8.45. The lowest BCUT2D eigenvalue weighted by atomic mass is 10.1. The number of benzene rings is 3. The van der Waals surface area contributed by atoms with Crippen LogP contribution in [0.2, 0.25) is 5.02 Å². The van der Waals surface area contributed by atoms with Gasteiger partial charge in [0.1, 0.15) is 5.82 Å². The summed E-state index contributed by atoms with van der Waals surface area (Å²) in [5, 5.41) is 6.63. The summed E-state index contributed by atoms with van der Waals surface area (Å²) in [7, 11) is 0. The Labute approximate surface area is 175 Å². The van der Waals surface area contributed by atoms with Gasteiger partial charge in [-0.2, -0.15) is 0 Å². The van der Waals surface area contributed by atoms with Crippen LogP contribution in [0.25, 0.3) is 0 Å². The van der Waals surface area contributed by atoms with Gasteiger partial charge in [-0.3, -0.25) is 4.79 Å². The van der Waals surface area contributed by atoms with E-state index in [-0.39, 0.29) is 24.1 Å². The van der Waals surface area contributed by atoms with Crippen molar-refractivity contribution in [1.82, 2.24) is 5.32 Å². The summed E-state index contributed by atoms with van der Waals surface area (Å²) < 4.78 is 13.2. The van der Waals surface area contributed by atoms with Crippen LogP contribution in [-0.2, 0) is 13.0 Å². The van der Waals surface area contributed by atoms with Gasteiger partial charge in [-0.1, -0.05) is 48.0 Å². The minimum atomic E-state index is -0.239. The molecule has 0 aliphatic rings. The molecule has 6 heteroatoms. The van der Waals surface area contributed by atoms with Crippen LogP contribution >= 0.6 is 24.0 Å². The van der Waals surface area contributed by atoms with Gasteiger partial charge in [0.05, 0.1) is 10.6 Å². The monoisotopic (exact) mass is 418 g/mol. The van der Waals surface area contributed by atoms with Crippen LogP contribution in [-0.4, -0.2) is 12.5 Å². The third-order valence-corrected chi connectivity index (χ3v) is 4.44. The zero-order chi connectivity index (χ0) is 19.1. The molecule has 0 unspecified atom stereocenters. The van der Waals surface area contributed by atoms with Crippen molar-refractivity contribution in [3.8, 4) is 0 Å². The van der Waals surface area contributed by atoms with Gasteiger partial charge in [-0.25, -0.2) is 4.39 Å². The van der Waals surface area contributed by atoms with Crippen molar-refractivity contribution in [2.24, 2.45) is 0 Å². The molecule has 146 valence electrons. The van der Waals surface area contributed by atoms with E-state index in [1.165, 1.54) is 6.07 Å². The maximum atomic E-state index is 13.2. The SMILES string of the molecule is Cl.O=C(Nc1cccc(CNCCc2cccc(F)c2)c1)c1ccccc1Cl. The summed E-state index contributed by atoms with van der Waals surface area (Å²) in [5.74, 6) is -0.453. The second kappa shape index (κ2) is 10.8.